The van der Waals surface area contributed by atoms with Gasteiger partial charge in [-0.15, -0.1) is 0 Å². The molecule has 0 saturated carbocycles. The van der Waals surface area contributed by atoms with Crippen molar-refractivity contribution in [3.05, 3.63) is 23.8 Å². The Balaban J connectivity index is 0.00000131. The van der Waals surface area contributed by atoms with Gasteiger partial charge in [-0.05, 0) is 67.9 Å². The van der Waals surface area contributed by atoms with E-state index in [1.807, 2.05) is 6.07 Å². The Morgan fingerprint density at radius 3 is 2.55 bits per heavy atom. The minimum Gasteiger partial charge on any atom is -0.481 e. The Bertz CT molecular complexity index is 1090. The van der Waals surface area contributed by atoms with Crippen molar-refractivity contribution < 1.29 is 32.6 Å². The Labute approximate surface area is 242 Å². The van der Waals surface area contributed by atoms with Crippen LogP contribution in [0.1, 0.15) is 52.0 Å². The number of ether oxygens (including phenoxy) is 1. The highest BCUT2D eigenvalue weighted by Gasteiger charge is 2.33. The van der Waals surface area contributed by atoms with Crippen LogP contribution in [-0.4, -0.2) is 86.6 Å². The maximum Gasteiger partial charge on any atom is 0.302 e. The first kappa shape index (κ1) is 33.9. The molecule has 0 bridgehead atoms. The summed E-state index contributed by atoms with van der Waals surface area (Å²) in [5.41, 5.74) is 7.22. The van der Waals surface area contributed by atoms with Gasteiger partial charge >= 0.3 is 5.97 Å². The number of rotatable bonds is 12. The number of esters is 1. The predicted octanol–water partition coefficient (Wildman–Crippen LogP) is 2.30. The lowest BCUT2D eigenvalue weighted by Crippen LogP contribution is -2.52. The molecule has 0 aliphatic carbocycles. The van der Waals surface area contributed by atoms with Crippen LogP contribution in [-0.2, 0) is 35.6 Å². The lowest BCUT2D eigenvalue weighted by atomic mass is 9.93. The highest BCUT2D eigenvalue weighted by Crippen LogP contribution is 2.31. The third kappa shape index (κ3) is 11.3. The van der Waals surface area contributed by atoms with Crippen LogP contribution < -0.4 is 15.8 Å². The maximum absolute atomic E-state index is 13.5. The maximum atomic E-state index is 13.5. The molecular weight excluding hydrogens is 556 g/mol. The van der Waals surface area contributed by atoms with Crippen molar-refractivity contribution in [1.82, 2.24) is 9.62 Å². The highest BCUT2D eigenvalue weighted by molar-refractivity contribution is 7.99. The van der Waals surface area contributed by atoms with Crippen LogP contribution in [0.4, 0.5) is 5.69 Å². The number of nitrogens with two attached hydrogens (primary N) is 1. The second kappa shape index (κ2) is 16.8. The molecule has 1 amide bonds. The molecule has 0 radical (unpaired) electrons. The summed E-state index contributed by atoms with van der Waals surface area (Å²) in [6, 6.07) is 4.46. The van der Waals surface area contributed by atoms with E-state index in [1.165, 1.54) is 18.7 Å². The van der Waals surface area contributed by atoms with E-state index in [2.05, 4.69) is 17.0 Å². The quantitative estimate of drug-likeness (QED) is 0.206. The van der Waals surface area contributed by atoms with Gasteiger partial charge in [-0.1, -0.05) is 19.1 Å². The van der Waals surface area contributed by atoms with Gasteiger partial charge in [-0.25, -0.2) is 8.42 Å². The number of amides is 1. The van der Waals surface area contributed by atoms with Gasteiger partial charge in [-0.3, -0.25) is 14.4 Å². The second-order valence-electron chi connectivity index (χ2n) is 10.3. The molecule has 2 aliphatic rings. The summed E-state index contributed by atoms with van der Waals surface area (Å²) in [5.74, 6) is 0.614. The van der Waals surface area contributed by atoms with Crippen LogP contribution in [0.15, 0.2) is 23.1 Å². The van der Waals surface area contributed by atoms with Crippen molar-refractivity contribution >= 4 is 45.3 Å². The minimum atomic E-state index is -3.92. The molecular formula is C27H44N4O7S2. The first-order valence-electron chi connectivity index (χ1n) is 13.7. The lowest BCUT2D eigenvalue weighted by Gasteiger charge is -2.34. The van der Waals surface area contributed by atoms with Gasteiger partial charge in [0, 0.05) is 39.2 Å². The van der Waals surface area contributed by atoms with E-state index in [0.29, 0.717) is 56.1 Å². The van der Waals surface area contributed by atoms with E-state index in [9.17, 15) is 18.0 Å². The van der Waals surface area contributed by atoms with Crippen molar-refractivity contribution in [2.24, 2.45) is 17.6 Å². The van der Waals surface area contributed by atoms with E-state index in [0.717, 1.165) is 50.3 Å². The SMILES string of the molecule is CC(=O)O.CC(=O)OCCC1CCN(C(=O)C(CSCCCN)NS(=O)(=O)c2cccc3c2NC[C@H](C)C3)CC1. The van der Waals surface area contributed by atoms with Gasteiger partial charge in [0.05, 0.1) is 12.3 Å². The Hall–Kier alpha value is -2.35. The highest BCUT2D eigenvalue weighted by atomic mass is 32.2. The molecule has 13 heteroatoms. The van der Waals surface area contributed by atoms with Crippen LogP contribution in [0.25, 0.3) is 0 Å². The molecule has 0 spiro atoms. The summed E-state index contributed by atoms with van der Waals surface area (Å²) in [6.07, 6.45) is 4.01. The van der Waals surface area contributed by atoms with E-state index in [4.69, 9.17) is 20.4 Å². The summed E-state index contributed by atoms with van der Waals surface area (Å²) < 4.78 is 34.8. The molecule has 1 saturated heterocycles. The molecule has 2 heterocycles. The van der Waals surface area contributed by atoms with Crippen LogP contribution >= 0.6 is 11.8 Å². The van der Waals surface area contributed by atoms with Gasteiger partial charge < -0.3 is 25.8 Å². The third-order valence-electron chi connectivity index (χ3n) is 6.73. The first-order chi connectivity index (χ1) is 18.9. The minimum absolute atomic E-state index is 0.191. The van der Waals surface area contributed by atoms with Crippen LogP contribution in [0.3, 0.4) is 0 Å². The number of hydrogen-bond donors (Lipinski definition) is 4. The number of sulfonamides is 1. The molecule has 1 aromatic carbocycles. The van der Waals surface area contributed by atoms with Crippen LogP contribution in [0, 0.1) is 11.8 Å². The van der Waals surface area contributed by atoms with Gasteiger partial charge in [0.2, 0.25) is 15.9 Å². The Kier molecular flexibility index (Phi) is 14.2. The van der Waals surface area contributed by atoms with Crippen molar-refractivity contribution in [3.8, 4) is 0 Å². The fraction of sp³-hybridized carbons (Fsp3) is 0.667. The molecule has 0 aromatic heterocycles. The molecule has 1 unspecified atom stereocenters. The molecule has 5 N–H and O–H groups in total. The van der Waals surface area contributed by atoms with Gasteiger partial charge in [0.25, 0.3) is 5.97 Å². The van der Waals surface area contributed by atoms with E-state index < -0.39 is 22.0 Å². The Morgan fingerprint density at radius 2 is 1.93 bits per heavy atom. The zero-order valence-corrected chi connectivity index (χ0v) is 25.3. The average molecular weight is 601 g/mol. The summed E-state index contributed by atoms with van der Waals surface area (Å²) in [5, 5.41) is 10.7. The number of nitrogens with zero attached hydrogens (tertiary/aromatic N) is 1. The molecule has 11 nitrogen and oxygen atoms in total. The van der Waals surface area contributed by atoms with Gasteiger partial charge in [-0.2, -0.15) is 16.5 Å². The summed E-state index contributed by atoms with van der Waals surface area (Å²) in [7, 11) is -3.92. The lowest BCUT2D eigenvalue weighted by molar-refractivity contribution is -0.141. The molecule has 40 heavy (non-hydrogen) atoms. The predicted molar refractivity (Wildman–Crippen MR) is 157 cm³/mol. The van der Waals surface area contributed by atoms with E-state index >= 15 is 0 Å². The van der Waals surface area contributed by atoms with Crippen molar-refractivity contribution in [1.29, 1.82) is 0 Å². The summed E-state index contributed by atoms with van der Waals surface area (Å²) >= 11 is 1.54. The number of carboxylic acid groups (broad SMARTS) is 1. The monoisotopic (exact) mass is 600 g/mol. The number of carbonyl (C=O) groups is 3. The number of fused-ring (bicyclic) bond motifs is 1. The van der Waals surface area contributed by atoms with Crippen molar-refractivity contribution in [2.45, 2.75) is 63.8 Å². The summed E-state index contributed by atoms with van der Waals surface area (Å²) in [6.45, 7) is 7.40. The zero-order chi connectivity index (χ0) is 29.7. The topological polar surface area (TPSA) is 168 Å². The fourth-order valence-corrected chi connectivity index (χ4v) is 7.24. The molecule has 2 atom stereocenters. The van der Waals surface area contributed by atoms with E-state index in [-0.39, 0.29) is 16.8 Å². The molecule has 2 aliphatic heterocycles. The Morgan fingerprint density at radius 1 is 1.25 bits per heavy atom. The van der Waals surface area contributed by atoms with Crippen molar-refractivity contribution in [2.75, 3.05) is 49.6 Å². The average Bonchev–Trinajstić information content (AvgIpc) is 2.89. The number of piperidine rings is 1. The standard InChI is InChI=1S/C25H40N4O5S2.C2H4O2/c1-18-15-21-5-3-6-23(24(21)27-16-18)36(32,33)28-22(17-35-14-4-10-26)25(31)29-11-7-20(8-12-29)9-13-34-19(2)30;1-2(3)4/h3,5-6,18,20,22,27-28H,4,7-17,26H2,1-2H3;1H3,(H,3,4)/t18-,22?;/m1./s1. The van der Waals surface area contributed by atoms with Crippen LogP contribution in [0.2, 0.25) is 0 Å². The number of hydrogen-bond acceptors (Lipinski definition) is 9. The fourth-order valence-electron chi connectivity index (χ4n) is 4.72. The normalized spacial score (nSPS) is 18.0. The number of likely N-dealkylation sites (tertiary alicyclic amines) is 1. The number of carbonyl (C=O) groups excluding carboxylic acids is 2. The number of anilines is 1. The number of benzene rings is 1. The third-order valence-corrected chi connectivity index (χ3v) is 9.39. The summed E-state index contributed by atoms with van der Waals surface area (Å²) in [4.78, 5) is 35.4. The number of thioether (sulfide) groups is 1. The second-order valence-corrected chi connectivity index (χ2v) is 13.1. The molecule has 226 valence electrons. The molecule has 1 fully saturated rings. The van der Waals surface area contributed by atoms with Crippen molar-refractivity contribution in [3.63, 3.8) is 0 Å². The van der Waals surface area contributed by atoms with Gasteiger partial charge in [0.15, 0.2) is 0 Å². The zero-order valence-electron chi connectivity index (χ0n) is 23.7. The molecule has 3 rings (SSSR count). The number of nitrogens with one attached hydrogen (secondary N) is 2. The van der Waals surface area contributed by atoms with Gasteiger partial charge in [0.1, 0.15) is 10.9 Å². The number of carboxylic acids is 1. The van der Waals surface area contributed by atoms with E-state index in [1.54, 1.807) is 17.0 Å². The smallest absolute Gasteiger partial charge is 0.302 e. The largest absolute Gasteiger partial charge is 0.481 e. The first-order valence-corrected chi connectivity index (χ1v) is 16.4. The number of aliphatic carboxylic acids is 1. The molecule has 1 aromatic rings. The number of para-hydroxylation sites is 1. The van der Waals surface area contributed by atoms with Crippen LogP contribution in [0.5, 0.6) is 0 Å².